The minimum Gasteiger partial charge on any atom is -0.469 e. The van der Waals surface area contributed by atoms with Gasteiger partial charge in [0.2, 0.25) is 0 Å². The van der Waals surface area contributed by atoms with Crippen molar-refractivity contribution in [2.24, 2.45) is 0 Å². The number of nitrogens with one attached hydrogen (secondary N) is 2. The smallest absolute Gasteiger partial charge is 0.309 e. The summed E-state index contributed by atoms with van der Waals surface area (Å²) in [7, 11) is 1.35. The quantitative estimate of drug-likeness (QED) is 0.830. The molecule has 1 heterocycles. The Bertz CT molecular complexity index is 617. The SMILES string of the molecule is COC(=O)Cc1ccc(NC(=O)c2cc(C)[nH]n2)cc1. The number of aromatic amines is 1. The van der Waals surface area contributed by atoms with E-state index in [4.69, 9.17) is 0 Å². The standard InChI is InChI=1S/C14H15N3O3/c1-9-7-12(17-16-9)14(19)15-11-5-3-10(4-6-11)8-13(18)20-2/h3-7H,8H2,1-2H3,(H,15,19)(H,16,17). The van der Waals surface area contributed by atoms with E-state index in [1.807, 2.05) is 6.92 Å². The molecule has 6 heteroatoms. The van der Waals surface area contributed by atoms with Gasteiger partial charge in [-0.2, -0.15) is 5.10 Å². The molecule has 0 saturated carbocycles. The predicted octanol–water partition coefficient (Wildman–Crippen LogP) is 1.69. The second-order valence-corrected chi connectivity index (χ2v) is 4.34. The van der Waals surface area contributed by atoms with Gasteiger partial charge in [0, 0.05) is 11.4 Å². The number of carbonyl (C=O) groups is 2. The van der Waals surface area contributed by atoms with Crippen LogP contribution in [-0.2, 0) is 16.0 Å². The van der Waals surface area contributed by atoms with Crippen LogP contribution in [0.3, 0.4) is 0 Å². The van der Waals surface area contributed by atoms with Crippen molar-refractivity contribution in [1.82, 2.24) is 10.2 Å². The van der Waals surface area contributed by atoms with Crippen LogP contribution in [0.4, 0.5) is 5.69 Å². The lowest BCUT2D eigenvalue weighted by Crippen LogP contribution is -2.12. The molecular weight excluding hydrogens is 258 g/mol. The topological polar surface area (TPSA) is 84.1 Å². The highest BCUT2D eigenvalue weighted by atomic mass is 16.5. The highest BCUT2D eigenvalue weighted by Gasteiger charge is 2.09. The number of amides is 1. The molecule has 20 heavy (non-hydrogen) atoms. The van der Waals surface area contributed by atoms with E-state index in [9.17, 15) is 9.59 Å². The average molecular weight is 273 g/mol. The Balaban J connectivity index is 2.00. The zero-order valence-electron chi connectivity index (χ0n) is 11.3. The third-order valence-electron chi connectivity index (χ3n) is 2.73. The van der Waals surface area contributed by atoms with E-state index in [1.165, 1.54) is 7.11 Å². The van der Waals surface area contributed by atoms with Crippen LogP contribution in [-0.4, -0.2) is 29.2 Å². The van der Waals surface area contributed by atoms with Crippen molar-refractivity contribution in [3.05, 3.63) is 47.3 Å². The lowest BCUT2D eigenvalue weighted by atomic mass is 10.1. The van der Waals surface area contributed by atoms with Gasteiger partial charge in [-0.05, 0) is 30.7 Å². The third-order valence-corrected chi connectivity index (χ3v) is 2.73. The molecule has 0 aliphatic carbocycles. The number of nitrogens with zero attached hydrogens (tertiary/aromatic N) is 1. The number of aromatic nitrogens is 2. The van der Waals surface area contributed by atoms with Crippen LogP contribution in [0.25, 0.3) is 0 Å². The summed E-state index contributed by atoms with van der Waals surface area (Å²) in [6.07, 6.45) is 0.212. The molecule has 0 aliphatic heterocycles. The molecule has 2 rings (SSSR count). The molecule has 2 aromatic rings. The van der Waals surface area contributed by atoms with E-state index in [0.717, 1.165) is 11.3 Å². The number of H-pyrrole nitrogens is 1. The number of anilines is 1. The zero-order chi connectivity index (χ0) is 14.5. The Labute approximate surface area is 116 Å². The van der Waals surface area contributed by atoms with Gasteiger partial charge in [-0.1, -0.05) is 12.1 Å². The Kier molecular flexibility index (Phi) is 4.14. The normalized spacial score (nSPS) is 10.1. The number of methoxy groups -OCH3 is 1. The Morgan fingerprint density at radius 2 is 2.00 bits per heavy atom. The number of carbonyl (C=O) groups excluding carboxylic acids is 2. The number of ether oxygens (including phenoxy) is 1. The third kappa shape index (κ3) is 3.44. The molecule has 0 spiro atoms. The molecule has 1 aromatic heterocycles. The summed E-state index contributed by atoms with van der Waals surface area (Å²) in [5.41, 5.74) is 2.62. The van der Waals surface area contributed by atoms with E-state index >= 15 is 0 Å². The molecule has 0 unspecified atom stereocenters. The van der Waals surface area contributed by atoms with Crippen molar-refractivity contribution in [3.63, 3.8) is 0 Å². The second kappa shape index (κ2) is 6.01. The zero-order valence-corrected chi connectivity index (χ0v) is 11.3. The maximum absolute atomic E-state index is 11.9. The highest BCUT2D eigenvalue weighted by Crippen LogP contribution is 2.12. The average Bonchev–Trinajstić information content (AvgIpc) is 2.87. The fraction of sp³-hybridized carbons (Fsp3) is 0.214. The van der Waals surface area contributed by atoms with Gasteiger partial charge in [-0.3, -0.25) is 14.7 Å². The van der Waals surface area contributed by atoms with Gasteiger partial charge >= 0.3 is 5.97 Å². The highest BCUT2D eigenvalue weighted by molar-refractivity contribution is 6.02. The second-order valence-electron chi connectivity index (χ2n) is 4.34. The van der Waals surface area contributed by atoms with Gasteiger partial charge in [0.1, 0.15) is 0 Å². The molecule has 0 atom stereocenters. The molecule has 104 valence electrons. The first-order chi connectivity index (χ1) is 9.58. The first-order valence-corrected chi connectivity index (χ1v) is 6.07. The number of esters is 1. The van der Waals surface area contributed by atoms with E-state index in [1.54, 1.807) is 30.3 Å². The van der Waals surface area contributed by atoms with Crippen molar-refractivity contribution in [2.45, 2.75) is 13.3 Å². The Morgan fingerprint density at radius 1 is 1.30 bits per heavy atom. The summed E-state index contributed by atoms with van der Waals surface area (Å²) in [6, 6.07) is 8.66. The van der Waals surface area contributed by atoms with Gasteiger partial charge < -0.3 is 10.1 Å². The molecule has 0 aliphatic rings. The van der Waals surface area contributed by atoms with Crippen molar-refractivity contribution < 1.29 is 14.3 Å². The van der Waals surface area contributed by atoms with Crippen LogP contribution in [0, 0.1) is 6.92 Å². The summed E-state index contributed by atoms with van der Waals surface area (Å²) >= 11 is 0. The molecule has 0 fully saturated rings. The number of rotatable bonds is 4. The number of benzene rings is 1. The molecule has 0 bridgehead atoms. The van der Waals surface area contributed by atoms with Crippen LogP contribution in [0.2, 0.25) is 0 Å². The summed E-state index contributed by atoms with van der Waals surface area (Å²) in [6.45, 7) is 1.82. The number of aryl methyl sites for hydroxylation is 1. The molecule has 0 saturated heterocycles. The minimum atomic E-state index is -0.297. The first-order valence-electron chi connectivity index (χ1n) is 6.07. The van der Waals surface area contributed by atoms with E-state index < -0.39 is 0 Å². The van der Waals surface area contributed by atoms with Crippen LogP contribution in [0.15, 0.2) is 30.3 Å². The fourth-order valence-electron chi connectivity index (χ4n) is 1.67. The summed E-state index contributed by atoms with van der Waals surface area (Å²) in [5, 5.41) is 9.32. The summed E-state index contributed by atoms with van der Waals surface area (Å²) in [4.78, 5) is 23.0. The maximum atomic E-state index is 11.9. The number of hydrogen-bond acceptors (Lipinski definition) is 4. The van der Waals surface area contributed by atoms with Crippen molar-refractivity contribution in [2.75, 3.05) is 12.4 Å². The van der Waals surface area contributed by atoms with E-state index in [0.29, 0.717) is 11.4 Å². The Morgan fingerprint density at radius 3 is 2.55 bits per heavy atom. The van der Waals surface area contributed by atoms with Crippen LogP contribution >= 0.6 is 0 Å². The first kappa shape index (κ1) is 13.8. The number of hydrogen-bond donors (Lipinski definition) is 2. The van der Waals surface area contributed by atoms with Gasteiger partial charge in [0.15, 0.2) is 5.69 Å². The van der Waals surface area contributed by atoms with Gasteiger partial charge in [0.05, 0.1) is 13.5 Å². The lowest BCUT2D eigenvalue weighted by molar-refractivity contribution is -0.139. The minimum absolute atomic E-state index is 0.212. The van der Waals surface area contributed by atoms with Crippen molar-refractivity contribution in [3.8, 4) is 0 Å². The van der Waals surface area contributed by atoms with Gasteiger partial charge in [-0.25, -0.2) is 0 Å². The van der Waals surface area contributed by atoms with Crippen LogP contribution < -0.4 is 5.32 Å². The Hall–Kier alpha value is -2.63. The largest absolute Gasteiger partial charge is 0.469 e. The molecular formula is C14H15N3O3. The lowest BCUT2D eigenvalue weighted by Gasteiger charge is -2.04. The van der Waals surface area contributed by atoms with Crippen molar-refractivity contribution >= 4 is 17.6 Å². The summed E-state index contributed by atoms with van der Waals surface area (Å²) < 4.78 is 4.59. The molecule has 2 N–H and O–H groups in total. The van der Waals surface area contributed by atoms with Gasteiger partial charge in [0.25, 0.3) is 5.91 Å². The maximum Gasteiger partial charge on any atom is 0.309 e. The van der Waals surface area contributed by atoms with E-state index in [-0.39, 0.29) is 18.3 Å². The molecule has 1 aromatic carbocycles. The fourth-order valence-corrected chi connectivity index (χ4v) is 1.67. The van der Waals surface area contributed by atoms with Crippen LogP contribution in [0.1, 0.15) is 21.7 Å². The van der Waals surface area contributed by atoms with Crippen molar-refractivity contribution in [1.29, 1.82) is 0 Å². The monoisotopic (exact) mass is 273 g/mol. The summed E-state index contributed by atoms with van der Waals surface area (Å²) in [5.74, 6) is -0.580. The van der Waals surface area contributed by atoms with Crippen LogP contribution in [0.5, 0.6) is 0 Å². The molecule has 6 nitrogen and oxygen atoms in total. The van der Waals surface area contributed by atoms with Gasteiger partial charge in [-0.15, -0.1) is 0 Å². The predicted molar refractivity (Wildman–Crippen MR) is 73.4 cm³/mol. The van der Waals surface area contributed by atoms with E-state index in [2.05, 4.69) is 20.3 Å². The molecule has 0 radical (unpaired) electrons. The molecule has 1 amide bonds.